The zero-order valence-corrected chi connectivity index (χ0v) is 7.40. The number of halogens is 5. The van der Waals surface area contributed by atoms with Crippen LogP contribution < -0.4 is 0 Å². The summed E-state index contributed by atoms with van der Waals surface area (Å²) in [6.07, 6.45) is -7.74. The van der Waals surface area contributed by atoms with Crippen LogP contribution in [0.4, 0.5) is 17.6 Å². The molecule has 0 aliphatic rings. The lowest BCUT2D eigenvalue weighted by Crippen LogP contribution is -2.21. The SMILES string of the molecule is O[C@@H](c1cccc(Cl)c1F)C(F)(F)F. The summed E-state index contributed by atoms with van der Waals surface area (Å²) in [5, 5.41) is 8.29. The third kappa shape index (κ3) is 2.16. The fourth-order valence-corrected chi connectivity index (χ4v) is 1.09. The van der Waals surface area contributed by atoms with Gasteiger partial charge in [0.2, 0.25) is 0 Å². The Morgan fingerprint density at radius 3 is 2.36 bits per heavy atom. The summed E-state index contributed by atoms with van der Waals surface area (Å²) in [7, 11) is 0. The van der Waals surface area contributed by atoms with Crippen molar-refractivity contribution in [3.8, 4) is 0 Å². The minimum atomic E-state index is -4.90. The predicted octanol–water partition coefficient (Wildman–Crippen LogP) is 3.07. The van der Waals surface area contributed by atoms with Gasteiger partial charge >= 0.3 is 6.18 Å². The normalized spacial score (nSPS) is 14.1. The zero-order valence-electron chi connectivity index (χ0n) is 6.65. The highest BCUT2D eigenvalue weighted by molar-refractivity contribution is 6.30. The van der Waals surface area contributed by atoms with Crippen molar-refractivity contribution in [2.24, 2.45) is 0 Å². The molecular formula is C8H5ClF4O. The summed E-state index contributed by atoms with van der Waals surface area (Å²) in [5.74, 6) is -1.25. The lowest BCUT2D eigenvalue weighted by atomic mass is 10.1. The largest absolute Gasteiger partial charge is 0.418 e. The van der Waals surface area contributed by atoms with Crippen molar-refractivity contribution < 1.29 is 22.7 Å². The summed E-state index contributed by atoms with van der Waals surface area (Å²) in [4.78, 5) is 0. The van der Waals surface area contributed by atoms with Crippen molar-refractivity contribution in [3.05, 3.63) is 34.6 Å². The van der Waals surface area contributed by atoms with E-state index in [1.54, 1.807) is 0 Å². The quantitative estimate of drug-likeness (QED) is 0.733. The fraction of sp³-hybridized carbons (Fsp3) is 0.250. The van der Waals surface area contributed by atoms with Gasteiger partial charge in [-0.2, -0.15) is 13.2 Å². The van der Waals surface area contributed by atoms with Gasteiger partial charge in [0.25, 0.3) is 0 Å². The Hall–Kier alpha value is -0.810. The molecule has 78 valence electrons. The van der Waals surface area contributed by atoms with Gasteiger partial charge in [0.15, 0.2) is 6.10 Å². The topological polar surface area (TPSA) is 20.2 Å². The molecular weight excluding hydrogens is 224 g/mol. The Kier molecular flexibility index (Phi) is 3.01. The molecule has 0 aromatic heterocycles. The maximum atomic E-state index is 13.0. The highest BCUT2D eigenvalue weighted by Gasteiger charge is 2.41. The minimum absolute atomic E-state index is 0.453. The molecule has 0 aliphatic heterocycles. The fourth-order valence-electron chi connectivity index (χ4n) is 0.908. The number of hydrogen-bond acceptors (Lipinski definition) is 1. The molecule has 1 nitrogen and oxygen atoms in total. The van der Waals surface area contributed by atoms with Crippen LogP contribution in [-0.2, 0) is 0 Å². The number of aliphatic hydroxyl groups excluding tert-OH is 1. The van der Waals surface area contributed by atoms with Gasteiger partial charge in [-0.05, 0) is 6.07 Å². The van der Waals surface area contributed by atoms with Gasteiger partial charge in [0.1, 0.15) is 5.82 Å². The highest BCUT2D eigenvalue weighted by Crippen LogP contribution is 2.35. The van der Waals surface area contributed by atoms with Gasteiger partial charge in [-0.15, -0.1) is 0 Å². The van der Waals surface area contributed by atoms with E-state index in [9.17, 15) is 17.6 Å². The smallest absolute Gasteiger partial charge is 0.379 e. The standard InChI is InChI=1S/C8H5ClF4O/c9-5-3-1-2-4(6(5)10)7(14)8(11,12)13/h1-3,7,14H/t7-/m0/s1. The van der Waals surface area contributed by atoms with E-state index in [4.69, 9.17) is 16.7 Å². The van der Waals surface area contributed by atoms with Crippen molar-refractivity contribution in [1.29, 1.82) is 0 Å². The lowest BCUT2D eigenvalue weighted by molar-refractivity contribution is -0.207. The first-order chi connectivity index (χ1) is 6.34. The number of rotatable bonds is 1. The van der Waals surface area contributed by atoms with Gasteiger partial charge in [-0.25, -0.2) is 4.39 Å². The van der Waals surface area contributed by atoms with Gasteiger partial charge in [0.05, 0.1) is 5.02 Å². The van der Waals surface area contributed by atoms with Gasteiger partial charge in [0, 0.05) is 5.56 Å². The van der Waals surface area contributed by atoms with Crippen LogP contribution in [-0.4, -0.2) is 11.3 Å². The summed E-state index contributed by atoms with van der Waals surface area (Å²) >= 11 is 5.25. The van der Waals surface area contributed by atoms with E-state index in [1.807, 2.05) is 0 Å². The molecule has 1 aromatic rings. The van der Waals surface area contributed by atoms with Crippen LogP contribution in [0.2, 0.25) is 5.02 Å². The van der Waals surface area contributed by atoms with E-state index < -0.39 is 28.7 Å². The second-order valence-electron chi connectivity index (χ2n) is 2.59. The molecule has 0 aliphatic carbocycles. The third-order valence-corrected chi connectivity index (χ3v) is 1.88. The van der Waals surface area contributed by atoms with Crippen LogP contribution in [0.1, 0.15) is 11.7 Å². The summed E-state index contributed by atoms with van der Waals surface area (Å²) in [5.41, 5.74) is -0.870. The average molecular weight is 229 g/mol. The lowest BCUT2D eigenvalue weighted by Gasteiger charge is -2.15. The van der Waals surface area contributed by atoms with Crippen molar-refractivity contribution in [3.63, 3.8) is 0 Å². The molecule has 0 bridgehead atoms. The van der Waals surface area contributed by atoms with Gasteiger partial charge < -0.3 is 5.11 Å². The first kappa shape index (κ1) is 11.3. The van der Waals surface area contributed by atoms with Crippen molar-refractivity contribution >= 4 is 11.6 Å². The Morgan fingerprint density at radius 1 is 1.29 bits per heavy atom. The number of aliphatic hydroxyl groups is 1. The summed E-state index contributed by atoms with van der Waals surface area (Å²) < 4.78 is 49.0. The van der Waals surface area contributed by atoms with E-state index in [0.29, 0.717) is 0 Å². The van der Waals surface area contributed by atoms with Crippen LogP contribution >= 0.6 is 11.6 Å². The molecule has 0 heterocycles. The van der Waals surface area contributed by atoms with E-state index >= 15 is 0 Å². The summed E-state index contributed by atoms with van der Waals surface area (Å²) in [6, 6.07) is 3.07. The molecule has 14 heavy (non-hydrogen) atoms. The molecule has 0 radical (unpaired) electrons. The number of benzene rings is 1. The molecule has 0 saturated carbocycles. The molecule has 0 amide bonds. The van der Waals surface area contributed by atoms with Gasteiger partial charge in [-0.1, -0.05) is 23.7 Å². The van der Waals surface area contributed by atoms with Crippen molar-refractivity contribution in [2.75, 3.05) is 0 Å². The maximum absolute atomic E-state index is 13.0. The Balaban J connectivity index is 3.14. The molecule has 1 aromatic carbocycles. The highest BCUT2D eigenvalue weighted by atomic mass is 35.5. The molecule has 6 heteroatoms. The van der Waals surface area contributed by atoms with Crippen LogP contribution in [0, 0.1) is 5.82 Å². The summed E-state index contributed by atoms with van der Waals surface area (Å²) in [6.45, 7) is 0. The van der Waals surface area contributed by atoms with Crippen LogP contribution in [0.5, 0.6) is 0 Å². The Morgan fingerprint density at radius 2 is 1.86 bits per heavy atom. The second-order valence-corrected chi connectivity index (χ2v) is 2.99. The van der Waals surface area contributed by atoms with E-state index in [1.165, 1.54) is 0 Å². The molecule has 1 atom stereocenters. The number of hydrogen-bond donors (Lipinski definition) is 1. The second kappa shape index (κ2) is 3.74. The zero-order chi connectivity index (χ0) is 10.9. The predicted molar refractivity (Wildman–Crippen MR) is 42.4 cm³/mol. The van der Waals surface area contributed by atoms with Crippen LogP contribution in [0.3, 0.4) is 0 Å². The van der Waals surface area contributed by atoms with E-state index in [-0.39, 0.29) is 0 Å². The van der Waals surface area contributed by atoms with Crippen molar-refractivity contribution in [2.45, 2.75) is 12.3 Å². The Labute approximate surface area is 81.9 Å². The monoisotopic (exact) mass is 228 g/mol. The molecule has 1 rings (SSSR count). The first-order valence-corrected chi connectivity index (χ1v) is 3.90. The molecule has 0 unspecified atom stereocenters. The molecule has 0 spiro atoms. The Bertz CT molecular complexity index is 337. The van der Waals surface area contributed by atoms with Crippen molar-refractivity contribution in [1.82, 2.24) is 0 Å². The minimum Gasteiger partial charge on any atom is -0.379 e. The number of alkyl halides is 3. The maximum Gasteiger partial charge on any atom is 0.418 e. The van der Waals surface area contributed by atoms with Gasteiger partial charge in [-0.3, -0.25) is 0 Å². The van der Waals surface area contributed by atoms with Crippen LogP contribution in [0.25, 0.3) is 0 Å². The molecule has 0 saturated heterocycles. The third-order valence-electron chi connectivity index (χ3n) is 1.59. The average Bonchev–Trinajstić information content (AvgIpc) is 2.07. The van der Waals surface area contributed by atoms with Crippen LogP contribution in [0.15, 0.2) is 18.2 Å². The van der Waals surface area contributed by atoms with E-state index in [2.05, 4.69) is 0 Å². The molecule has 0 fully saturated rings. The first-order valence-electron chi connectivity index (χ1n) is 3.52. The van der Waals surface area contributed by atoms with E-state index in [0.717, 1.165) is 18.2 Å². The molecule has 1 N–H and O–H groups in total.